The van der Waals surface area contributed by atoms with Gasteiger partial charge in [-0.2, -0.15) is 0 Å². The van der Waals surface area contributed by atoms with E-state index in [-0.39, 0.29) is 12.7 Å². The normalized spacial score (nSPS) is 23.4. The van der Waals surface area contributed by atoms with Crippen molar-refractivity contribution < 1.29 is 19.1 Å². The Hall–Kier alpha value is -1.84. The molecule has 4 heteroatoms. The average molecular weight is 346 g/mol. The van der Waals surface area contributed by atoms with E-state index in [9.17, 15) is 9.59 Å². The van der Waals surface area contributed by atoms with Gasteiger partial charge in [0, 0.05) is 0 Å². The fraction of sp³-hybridized carbons (Fsp3) is 0.619. The first-order valence-electron chi connectivity index (χ1n) is 9.21. The molecule has 0 aliphatic heterocycles. The monoisotopic (exact) mass is 346 g/mol. The summed E-state index contributed by atoms with van der Waals surface area (Å²) in [5.74, 6) is 0.488. The summed E-state index contributed by atoms with van der Waals surface area (Å²) >= 11 is 0. The van der Waals surface area contributed by atoms with Crippen LogP contribution in [0.3, 0.4) is 0 Å². The van der Waals surface area contributed by atoms with E-state index in [0.29, 0.717) is 23.3 Å². The molecule has 138 valence electrons. The number of aryl methyl sites for hydroxylation is 2. The fourth-order valence-corrected chi connectivity index (χ4v) is 3.61. The average Bonchev–Trinajstić information content (AvgIpc) is 2.54. The second-order valence-corrected chi connectivity index (χ2v) is 7.75. The van der Waals surface area contributed by atoms with Crippen LogP contribution in [0, 0.1) is 31.6 Å². The predicted octanol–water partition coefficient (Wildman–Crippen LogP) is 4.46. The molecule has 1 aromatic carbocycles. The molecule has 1 aliphatic carbocycles. The van der Waals surface area contributed by atoms with Crippen LogP contribution < -0.4 is 0 Å². The zero-order chi connectivity index (χ0) is 18.6. The van der Waals surface area contributed by atoms with E-state index < -0.39 is 11.9 Å². The van der Waals surface area contributed by atoms with Gasteiger partial charge in [0.1, 0.15) is 6.10 Å². The predicted molar refractivity (Wildman–Crippen MR) is 97.4 cm³/mol. The minimum atomic E-state index is -0.476. The molecular weight excluding hydrogens is 316 g/mol. The summed E-state index contributed by atoms with van der Waals surface area (Å²) in [6.07, 6.45) is 3.08. The number of benzene rings is 1. The van der Waals surface area contributed by atoms with Crippen LogP contribution in [0.2, 0.25) is 0 Å². The Kier molecular flexibility index (Phi) is 6.63. The highest BCUT2D eigenvalue weighted by atomic mass is 16.6. The Morgan fingerprint density at radius 1 is 1.20 bits per heavy atom. The van der Waals surface area contributed by atoms with Gasteiger partial charge in [-0.3, -0.25) is 0 Å². The summed E-state index contributed by atoms with van der Waals surface area (Å²) in [5, 5.41) is 0. The molecule has 25 heavy (non-hydrogen) atoms. The number of carbonyl (C=O) groups is 2. The molecule has 1 saturated carbocycles. The number of hydrogen-bond donors (Lipinski definition) is 0. The summed E-state index contributed by atoms with van der Waals surface area (Å²) in [6, 6.07) is 5.60. The highest BCUT2D eigenvalue weighted by molar-refractivity contribution is 5.92. The lowest BCUT2D eigenvalue weighted by Crippen LogP contribution is -2.36. The Bertz CT molecular complexity index is 620. The third kappa shape index (κ3) is 5.32. The van der Waals surface area contributed by atoms with Gasteiger partial charge in [-0.05, 0) is 56.1 Å². The molecule has 0 radical (unpaired) electrons. The zero-order valence-electron chi connectivity index (χ0n) is 16.0. The van der Waals surface area contributed by atoms with Crippen LogP contribution in [-0.2, 0) is 14.3 Å². The third-order valence-electron chi connectivity index (χ3n) is 5.18. The van der Waals surface area contributed by atoms with Crippen molar-refractivity contribution in [3.63, 3.8) is 0 Å². The molecule has 1 aromatic rings. The lowest BCUT2D eigenvalue weighted by molar-refractivity contribution is -0.159. The first-order chi connectivity index (χ1) is 11.8. The van der Waals surface area contributed by atoms with Gasteiger partial charge in [-0.25, -0.2) is 9.59 Å². The number of esters is 2. The number of carbonyl (C=O) groups excluding carboxylic acids is 2. The van der Waals surface area contributed by atoms with Crippen LogP contribution in [0.25, 0.3) is 0 Å². The first kappa shape index (κ1) is 19.5. The molecule has 3 atom stereocenters. The van der Waals surface area contributed by atoms with Crippen molar-refractivity contribution in [3.8, 4) is 0 Å². The zero-order valence-corrected chi connectivity index (χ0v) is 16.0. The van der Waals surface area contributed by atoms with Gasteiger partial charge in [0.25, 0.3) is 0 Å². The number of rotatable bonds is 5. The minimum Gasteiger partial charge on any atom is -0.460 e. The molecule has 0 heterocycles. The van der Waals surface area contributed by atoms with Crippen molar-refractivity contribution in [1.82, 2.24) is 0 Å². The van der Waals surface area contributed by atoms with Gasteiger partial charge < -0.3 is 9.47 Å². The van der Waals surface area contributed by atoms with Crippen molar-refractivity contribution in [2.45, 2.75) is 60.0 Å². The summed E-state index contributed by atoms with van der Waals surface area (Å²) in [7, 11) is 0. The van der Waals surface area contributed by atoms with Crippen LogP contribution >= 0.6 is 0 Å². The van der Waals surface area contributed by atoms with Gasteiger partial charge in [0.15, 0.2) is 6.61 Å². The van der Waals surface area contributed by atoms with Gasteiger partial charge in [0.2, 0.25) is 0 Å². The molecule has 1 aliphatic rings. The van der Waals surface area contributed by atoms with Crippen LogP contribution in [0.15, 0.2) is 18.2 Å². The lowest BCUT2D eigenvalue weighted by Gasteiger charge is -2.36. The van der Waals surface area contributed by atoms with E-state index in [1.165, 1.54) is 6.42 Å². The lowest BCUT2D eigenvalue weighted by atomic mass is 9.75. The van der Waals surface area contributed by atoms with E-state index in [1.807, 2.05) is 26.0 Å². The molecule has 0 spiro atoms. The van der Waals surface area contributed by atoms with Crippen LogP contribution in [0.5, 0.6) is 0 Å². The van der Waals surface area contributed by atoms with Crippen molar-refractivity contribution >= 4 is 11.9 Å². The Morgan fingerprint density at radius 3 is 2.60 bits per heavy atom. The second-order valence-electron chi connectivity index (χ2n) is 7.75. The number of hydrogen-bond acceptors (Lipinski definition) is 4. The van der Waals surface area contributed by atoms with Gasteiger partial charge in [-0.1, -0.05) is 44.9 Å². The molecule has 0 N–H and O–H groups in total. The Labute approximate surface area is 150 Å². The van der Waals surface area contributed by atoms with E-state index in [4.69, 9.17) is 9.47 Å². The van der Waals surface area contributed by atoms with E-state index >= 15 is 0 Å². The van der Waals surface area contributed by atoms with Crippen molar-refractivity contribution in [2.75, 3.05) is 6.61 Å². The van der Waals surface area contributed by atoms with E-state index in [2.05, 4.69) is 20.8 Å². The Morgan fingerprint density at radius 2 is 1.92 bits per heavy atom. The second kappa shape index (κ2) is 8.50. The van der Waals surface area contributed by atoms with Gasteiger partial charge in [0.05, 0.1) is 5.56 Å². The van der Waals surface area contributed by atoms with Gasteiger partial charge in [-0.15, -0.1) is 0 Å². The SMILES string of the molecule is Cc1ccc(C)c(C(=O)OCC(=O)O[C@@H]2C[C@@H](C)CC[C@H]2C(C)C)c1. The fourth-order valence-electron chi connectivity index (χ4n) is 3.61. The maximum atomic E-state index is 12.2. The molecule has 0 amide bonds. The minimum absolute atomic E-state index is 0.0735. The maximum Gasteiger partial charge on any atom is 0.344 e. The quantitative estimate of drug-likeness (QED) is 0.739. The molecule has 0 aromatic heterocycles. The highest BCUT2D eigenvalue weighted by Crippen LogP contribution is 2.35. The van der Waals surface area contributed by atoms with Crippen LogP contribution in [0.4, 0.5) is 0 Å². The van der Waals surface area contributed by atoms with E-state index in [1.54, 1.807) is 6.07 Å². The molecule has 4 nitrogen and oxygen atoms in total. The Balaban J connectivity index is 1.91. The van der Waals surface area contributed by atoms with Crippen molar-refractivity contribution in [2.24, 2.45) is 17.8 Å². The molecule has 2 rings (SSSR count). The molecule has 1 fully saturated rings. The van der Waals surface area contributed by atoms with Gasteiger partial charge >= 0.3 is 11.9 Å². The first-order valence-corrected chi connectivity index (χ1v) is 9.21. The van der Waals surface area contributed by atoms with Crippen LogP contribution in [-0.4, -0.2) is 24.6 Å². The molecule has 0 bridgehead atoms. The third-order valence-corrected chi connectivity index (χ3v) is 5.18. The van der Waals surface area contributed by atoms with E-state index in [0.717, 1.165) is 24.0 Å². The van der Waals surface area contributed by atoms with Crippen LogP contribution in [0.1, 0.15) is 61.5 Å². The van der Waals surface area contributed by atoms with Crippen molar-refractivity contribution in [1.29, 1.82) is 0 Å². The van der Waals surface area contributed by atoms with Crippen molar-refractivity contribution in [3.05, 3.63) is 34.9 Å². The standard InChI is InChI=1S/C21H30O4/c1-13(2)17-9-7-15(4)11-19(17)25-20(22)12-24-21(23)18-10-14(3)6-8-16(18)5/h6,8,10,13,15,17,19H,7,9,11-12H2,1-5H3/t15-,17-,19+/m0/s1. The summed E-state index contributed by atoms with van der Waals surface area (Å²) in [4.78, 5) is 24.4. The smallest absolute Gasteiger partial charge is 0.344 e. The molecular formula is C21H30O4. The summed E-state index contributed by atoms with van der Waals surface area (Å²) < 4.78 is 10.8. The maximum absolute atomic E-state index is 12.2. The molecule has 0 saturated heterocycles. The summed E-state index contributed by atoms with van der Waals surface area (Å²) in [6.45, 7) is 9.97. The number of ether oxygens (including phenoxy) is 2. The molecule has 0 unspecified atom stereocenters. The highest BCUT2D eigenvalue weighted by Gasteiger charge is 2.33. The summed E-state index contributed by atoms with van der Waals surface area (Å²) in [5.41, 5.74) is 2.32. The topological polar surface area (TPSA) is 52.6 Å². The largest absolute Gasteiger partial charge is 0.460 e.